The molecule has 0 radical (unpaired) electrons. The van der Waals surface area contributed by atoms with E-state index >= 15 is 0 Å². The van der Waals surface area contributed by atoms with Crippen molar-refractivity contribution in [3.63, 3.8) is 0 Å². The lowest BCUT2D eigenvalue weighted by molar-refractivity contribution is -0.136. The quantitative estimate of drug-likeness (QED) is 0.719. The van der Waals surface area contributed by atoms with Crippen molar-refractivity contribution < 1.29 is 15.0 Å². The predicted molar refractivity (Wildman–Crippen MR) is 57.4 cm³/mol. The zero-order valence-electron chi connectivity index (χ0n) is 9.41. The van der Waals surface area contributed by atoms with Crippen LogP contribution in [0.2, 0.25) is 0 Å². The van der Waals surface area contributed by atoms with E-state index in [0.717, 1.165) is 32.1 Å². The zero-order valence-corrected chi connectivity index (χ0v) is 9.41. The van der Waals surface area contributed by atoms with Crippen LogP contribution in [0.3, 0.4) is 0 Å². The highest BCUT2D eigenvalue weighted by atomic mass is 16.3. The minimum absolute atomic E-state index is 0.0271. The van der Waals surface area contributed by atoms with Gasteiger partial charge in [0.15, 0.2) is 0 Å². The van der Waals surface area contributed by atoms with E-state index in [0.29, 0.717) is 6.54 Å². The predicted octanol–water partition coefficient (Wildman–Crippen LogP) is 0.522. The maximum Gasteiger partial charge on any atom is 0.225 e. The van der Waals surface area contributed by atoms with Crippen molar-refractivity contribution in [3.8, 4) is 0 Å². The smallest absolute Gasteiger partial charge is 0.225 e. The molecule has 0 aromatic heterocycles. The first-order chi connectivity index (χ1) is 7.07. The molecule has 0 atom stereocenters. The molecule has 0 aromatic carbocycles. The summed E-state index contributed by atoms with van der Waals surface area (Å²) in [6, 6.07) is 0. The van der Waals surface area contributed by atoms with Crippen molar-refractivity contribution in [2.75, 3.05) is 20.2 Å². The van der Waals surface area contributed by atoms with Gasteiger partial charge in [0.25, 0.3) is 0 Å². The molecule has 0 saturated heterocycles. The van der Waals surface area contributed by atoms with Gasteiger partial charge in [-0.2, -0.15) is 0 Å². The van der Waals surface area contributed by atoms with E-state index in [1.807, 2.05) is 0 Å². The number of aliphatic hydroxyl groups is 2. The van der Waals surface area contributed by atoms with Gasteiger partial charge in [0.05, 0.1) is 18.6 Å². The molecule has 4 heteroatoms. The van der Waals surface area contributed by atoms with E-state index < -0.39 is 5.60 Å². The molecule has 1 amide bonds. The Morgan fingerprint density at radius 1 is 1.33 bits per heavy atom. The van der Waals surface area contributed by atoms with E-state index in [2.05, 4.69) is 0 Å². The summed E-state index contributed by atoms with van der Waals surface area (Å²) in [7, 11) is 1.66. The third-order valence-electron chi connectivity index (χ3n) is 3.13. The molecule has 1 rings (SSSR count). The highest BCUT2D eigenvalue weighted by molar-refractivity contribution is 5.77. The molecule has 1 aliphatic rings. The van der Waals surface area contributed by atoms with Gasteiger partial charge < -0.3 is 15.1 Å². The second-order valence-corrected chi connectivity index (χ2v) is 4.50. The molecular formula is C11H21NO3. The first kappa shape index (κ1) is 12.5. The molecule has 4 nitrogen and oxygen atoms in total. The van der Waals surface area contributed by atoms with Crippen LogP contribution in [0, 0.1) is 0 Å². The van der Waals surface area contributed by atoms with Gasteiger partial charge >= 0.3 is 0 Å². The number of carbonyl (C=O) groups excluding carboxylic acids is 1. The van der Waals surface area contributed by atoms with E-state index in [1.165, 1.54) is 4.90 Å². The first-order valence-electron chi connectivity index (χ1n) is 5.65. The van der Waals surface area contributed by atoms with Crippen molar-refractivity contribution in [1.82, 2.24) is 4.90 Å². The Balaban J connectivity index is 2.41. The van der Waals surface area contributed by atoms with Gasteiger partial charge in [-0.15, -0.1) is 0 Å². The molecule has 0 heterocycles. The van der Waals surface area contributed by atoms with Crippen LogP contribution in [0.4, 0.5) is 0 Å². The number of hydrogen-bond acceptors (Lipinski definition) is 3. The Bertz CT molecular complexity index is 212. The van der Waals surface area contributed by atoms with Gasteiger partial charge in [0, 0.05) is 13.6 Å². The van der Waals surface area contributed by atoms with Crippen molar-refractivity contribution in [2.45, 2.75) is 44.1 Å². The van der Waals surface area contributed by atoms with Crippen LogP contribution in [0.15, 0.2) is 0 Å². The lowest BCUT2D eigenvalue weighted by Crippen LogP contribution is -2.40. The van der Waals surface area contributed by atoms with Gasteiger partial charge in [-0.3, -0.25) is 4.79 Å². The fourth-order valence-electron chi connectivity index (χ4n) is 2.08. The molecular weight excluding hydrogens is 194 g/mol. The van der Waals surface area contributed by atoms with Crippen molar-refractivity contribution >= 4 is 5.91 Å². The summed E-state index contributed by atoms with van der Waals surface area (Å²) >= 11 is 0. The fourth-order valence-corrected chi connectivity index (χ4v) is 2.08. The first-order valence-corrected chi connectivity index (χ1v) is 5.65. The van der Waals surface area contributed by atoms with Crippen molar-refractivity contribution in [2.24, 2.45) is 0 Å². The third kappa shape index (κ3) is 3.80. The second kappa shape index (κ2) is 5.47. The molecule has 1 fully saturated rings. The summed E-state index contributed by atoms with van der Waals surface area (Å²) in [6.07, 6.45) is 4.82. The minimum Gasteiger partial charge on any atom is -0.395 e. The van der Waals surface area contributed by atoms with Crippen LogP contribution < -0.4 is 0 Å². The lowest BCUT2D eigenvalue weighted by atomic mass is 9.82. The second-order valence-electron chi connectivity index (χ2n) is 4.50. The summed E-state index contributed by atoms with van der Waals surface area (Å²) in [5.41, 5.74) is -0.793. The number of rotatable bonds is 4. The van der Waals surface area contributed by atoms with Gasteiger partial charge in [0.1, 0.15) is 0 Å². The SMILES string of the molecule is CN(CCO)C(=O)CC1(O)CCCCC1. The minimum atomic E-state index is -0.793. The standard InChI is InChI=1S/C11H21NO3/c1-12(7-8-13)10(14)9-11(15)5-3-2-4-6-11/h13,15H,2-9H2,1H3. The van der Waals surface area contributed by atoms with Crippen LogP contribution in [0.25, 0.3) is 0 Å². The van der Waals surface area contributed by atoms with Crippen molar-refractivity contribution in [1.29, 1.82) is 0 Å². The monoisotopic (exact) mass is 215 g/mol. The summed E-state index contributed by atoms with van der Waals surface area (Å²) in [5, 5.41) is 18.8. The van der Waals surface area contributed by atoms with Crippen LogP contribution in [0.5, 0.6) is 0 Å². The Morgan fingerprint density at radius 3 is 2.47 bits per heavy atom. The number of amides is 1. The molecule has 0 aliphatic heterocycles. The topological polar surface area (TPSA) is 60.8 Å². The average Bonchev–Trinajstić information content (AvgIpc) is 2.18. The Kier molecular flexibility index (Phi) is 4.54. The van der Waals surface area contributed by atoms with Crippen LogP contribution >= 0.6 is 0 Å². The number of likely N-dealkylation sites (N-methyl/N-ethyl adjacent to an activating group) is 1. The van der Waals surface area contributed by atoms with Crippen LogP contribution in [-0.2, 0) is 4.79 Å². The third-order valence-corrected chi connectivity index (χ3v) is 3.13. The average molecular weight is 215 g/mol. The van der Waals surface area contributed by atoms with E-state index in [9.17, 15) is 9.90 Å². The number of hydrogen-bond donors (Lipinski definition) is 2. The van der Waals surface area contributed by atoms with Crippen molar-refractivity contribution in [3.05, 3.63) is 0 Å². The van der Waals surface area contributed by atoms with Gasteiger partial charge in [-0.05, 0) is 12.8 Å². The maximum atomic E-state index is 11.7. The normalized spacial score (nSPS) is 19.9. The van der Waals surface area contributed by atoms with E-state index in [4.69, 9.17) is 5.11 Å². The Morgan fingerprint density at radius 2 is 1.93 bits per heavy atom. The molecule has 2 N–H and O–H groups in total. The lowest BCUT2D eigenvalue weighted by Gasteiger charge is -2.32. The Labute approximate surface area is 90.9 Å². The summed E-state index contributed by atoms with van der Waals surface area (Å²) in [5.74, 6) is -0.0755. The fraction of sp³-hybridized carbons (Fsp3) is 0.909. The van der Waals surface area contributed by atoms with E-state index in [-0.39, 0.29) is 18.9 Å². The van der Waals surface area contributed by atoms with E-state index in [1.54, 1.807) is 7.05 Å². The summed E-state index contributed by atoms with van der Waals surface area (Å²) in [4.78, 5) is 13.1. The number of nitrogens with zero attached hydrogens (tertiary/aromatic N) is 1. The van der Waals surface area contributed by atoms with Gasteiger partial charge in [0.2, 0.25) is 5.91 Å². The van der Waals surface area contributed by atoms with Gasteiger partial charge in [-0.25, -0.2) is 0 Å². The van der Waals surface area contributed by atoms with Crippen LogP contribution in [0.1, 0.15) is 38.5 Å². The number of aliphatic hydroxyl groups excluding tert-OH is 1. The van der Waals surface area contributed by atoms with Gasteiger partial charge in [-0.1, -0.05) is 19.3 Å². The molecule has 0 unspecified atom stereocenters. The largest absolute Gasteiger partial charge is 0.395 e. The molecule has 0 aromatic rings. The highest BCUT2D eigenvalue weighted by Crippen LogP contribution is 2.31. The molecule has 88 valence electrons. The van der Waals surface area contributed by atoms with Crippen LogP contribution in [-0.4, -0.2) is 46.8 Å². The Hall–Kier alpha value is -0.610. The molecule has 0 spiro atoms. The molecule has 1 saturated carbocycles. The number of carbonyl (C=O) groups is 1. The summed E-state index contributed by atoms with van der Waals surface area (Å²) < 4.78 is 0. The zero-order chi connectivity index (χ0) is 11.3. The molecule has 1 aliphatic carbocycles. The molecule has 15 heavy (non-hydrogen) atoms. The highest BCUT2D eigenvalue weighted by Gasteiger charge is 2.32. The summed E-state index contributed by atoms with van der Waals surface area (Å²) in [6.45, 7) is 0.315. The molecule has 0 bridgehead atoms. The maximum absolute atomic E-state index is 11.7.